The molecular formula is C32H40BrN3O8. The topological polar surface area (TPSA) is 135 Å². The molecule has 0 radical (unpaired) electrons. The number of aliphatic hydroxyl groups is 1. The zero-order valence-corrected chi connectivity index (χ0v) is 27.0. The Bertz CT molecular complexity index is 1350. The van der Waals surface area contributed by atoms with Crippen LogP contribution in [0.4, 0.5) is 5.69 Å². The number of methoxy groups -OCH3 is 1. The van der Waals surface area contributed by atoms with Crippen molar-refractivity contribution in [2.45, 2.75) is 69.9 Å². The Balaban J connectivity index is 1.65. The number of benzene rings is 1. The maximum Gasteiger partial charge on any atom is 0.313 e. The van der Waals surface area contributed by atoms with Crippen LogP contribution in [0.25, 0.3) is 0 Å². The third-order valence-corrected chi connectivity index (χ3v) is 9.44. The van der Waals surface area contributed by atoms with E-state index in [1.54, 1.807) is 49.3 Å². The number of halogens is 1. The quantitative estimate of drug-likeness (QED) is 0.348. The molecule has 1 spiro atoms. The van der Waals surface area contributed by atoms with Gasteiger partial charge in [-0.1, -0.05) is 41.9 Å². The minimum Gasteiger partial charge on any atom is -0.497 e. The van der Waals surface area contributed by atoms with Gasteiger partial charge < -0.3 is 34.4 Å². The number of nitrogens with zero attached hydrogens (tertiary/aromatic N) is 2. The van der Waals surface area contributed by atoms with Crippen LogP contribution in [-0.4, -0.2) is 90.4 Å². The molecule has 2 saturated heterocycles. The summed E-state index contributed by atoms with van der Waals surface area (Å²) in [4.78, 5) is 58.6. The highest BCUT2D eigenvalue weighted by molar-refractivity contribution is 9.11. The summed E-state index contributed by atoms with van der Waals surface area (Å²) in [5.74, 6) is -3.03. The van der Waals surface area contributed by atoms with E-state index in [9.17, 15) is 24.3 Å². The Morgan fingerprint density at radius 1 is 1.14 bits per heavy atom. The molecule has 1 aromatic rings. The first-order valence-corrected chi connectivity index (χ1v) is 15.9. The molecule has 5 rings (SSSR count). The van der Waals surface area contributed by atoms with Crippen molar-refractivity contribution in [2.24, 2.45) is 17.8 Å². The molecule has 4 aliphatic heterocycles. The number of fused-ring (bicyclic) bond motifs is 2. The van der Waals surface area contributed by atoms with Gasteiger partial charge in [0.25, 0.3) is 5.91 Å². The van der Waals surface area contributed by atoms with E-state index in [0.29, 0.717) is 28.8 Å². The van der Waals surface area contributed by atoms with Crippen molar-refractivity contribution in [3.63, 3.8) is 0 Å². The zero-order chi connectivity index (χ0) is 31.8. The minimum atomic E-state index is -1.47. The Hall–Kier alpha value is -3.22. The molecule has 2 N–H and O–H groups in total. The number of hydrogen-bond donors (Lipinski definition) is 2. The summed E-state index contributed by atoms with van der Waals surface area (Å²) in [5.41, 5.74) is -0.904. The summed E-state index contributed by atoms with van der Waals surface area (Å²) in [7, 11) is 1.55. The number of nitrogens with one attached hydrogen (secondary N) is 1. The highest BCUT2D eigenvalue weighted by atomic mass is 79.9. The average molecular weight is 675 g/mol. The van der Waals surface area contributed by atoms with Crippen LogP contribution in [0.2, 0.25) is 0 Å². The van der Waals surface area contributed by atoms with Gasteiger partial charge in [0.05, 0.1) is 32.2 Å². The number of anilines is 1. The molecule has 0 aliphatic carbocycles. The van der Waals surface area contributed by atoms with Crippen molar-refractivity contribution >= 4 is 45.3 Å². The number of carbonyl (C=O) groups is 4. The Morgan fingerprint density at radius 3 is 2.52 bits per heavy atom. The molecule has 7 atom stereocenters. The lowest BCUT2D eigenvalue weighted by Crippen LogP contribution is -2.59. The Labute approximate surface area is 265 Å². The lowest BCUT2D eigenvalue weighted by Gasteiger charge is -2.39. The van der Waals surface area contributed by atoms with Crippen molar-refractivity contribution in [3.05, 3.63) is 47.0 Å². The van der Waals surface area contributed by atoms with Gasteiger partial charge >= 0.3 is 5.97 Å². The maximum absolute atomic E-state index is 14.9. The van der Waals surface area contributed by atoms with Crippen molar-refractivity contribution < 1.29 is 38.5 Å². The number of carbonyl (C=O) groups excluding carboxylic acids is 4. The fourth-order valence-electron chi connectivity index (χ4n) is 6.83. The molecule has 0 saturated carbocycles. The first kappa shape index (κ1) is 32.2. The van der Waals surface area contributed by atoms with Crippen LogP contribution in [0.3, 0.4) is 0 Å². The number of aliphatic hydroxyl groups excluding tert-OH is 1. The van der Waals surface area contributed by atoms with Gasteiger partial charge in [0.1, 0.15) is 35.5 Å². The fourth-order valence-corrected chi connectivity index (χ4v) is 7.56. The summed E-state index contributed by atoms with van der Waals surface area (Å²) < 4.78 is 18.2. The number of esters is 1. The number of amides is 3. The van der Waals surface area contributed by atoms with E-state index in [4.69, 9.17) is 14.2 Å². The molecular weight excluding hydrogens is 634 g/mol. The van der Waals surface area contributed by atoms with Crippen LogP contribution < -0.4 is 15.0 Å². The third-order valence-electron chi connectivity index (χ3n) is 8.76. The summed E-state index contributed by atoms with van der Waals surface area (Å²) in [5, 5.41) is 13.4. The van der Waals surface area contributed by atoms with Crippen molar-refractivity contribution in [2.75, 3.05) is 31.7 Å². The first-order valence-electron chi connectivity index (χ1n) is 15.1. The first-order chi connectivity index (χ1) is 21.0. The highest BCUT2D eigenvalue weighted by Gasteiger charge is 2.75. The van der Waals surface area contributed by atoms with Gasteiger partial charge in [-0.15, -0.1) is 0 Å². The molecule has 12 heteroatoms. The van der Waals surface area contributed by atoms with E-state index in [0.717, 1.165) is 0 Å². The number of hydrogen-bond acceptors (Lipinski definition) is 8. The molecule has 4 aliphatic rings. The summed E-state index contributed by atoms with van der Waals surface area (Å²) in [6.07, 6.45) is 5.04. The monoisotopic (exact) mass is 673 g/mol. The standard InChI is InChI=1S/C32H40BrN3O8/c1-18(2)14-21(17-37)36-28-30(40)35(20-9-11-22(42-4)12-10-20)13-7-5-6-8-24(38)34-16-19(3)43-31(41)25-26(29(36)39)32(28)15-23(33)27(25)44-32/h5,7,9-12,15,18-19,21,25-28,37H,6,8,13-14,16-17H2,1-4H3,(H,34,38)/b7-5-/t19-,21+,25+,26-,27+,28+,32-/m0/s1. The molecule has 44 heavy (non-hydrogen) atoms. The second-order valence-electron chi connectivity index (χ2n) is 12.2. The summed E-state index contributed by atoms with van der Waals surface area (Å²) in [6, 6.07) is 5.15. The van der Waals surface area contributed by atoms with Gasteiger partial charge in [0.2, 0.25) is 11.8 Å². The number of allylic oxidation sites excluding steroid dienone is 1. The maximum atomic E-state index is 14.9. The second-order valence-corrected chi connectivity index (χ2v) is 13.2. The third kappa shape index (κ3) is 5.79. The van der Waals surface area contributed by atoms with Gasteiger partial charge in [-0.2, -0.15) is 0 Å². The predicted octanol–water partition coefficient (Wildman–Crippen LogP) is 2.71. The largest absolute Gasteiger partial charge is 0.497 e. The highest BCUT2D eigenvalue weighted by Crippen LogP contribution is 2.59. The van der Waals surface area contributed by atoms with Crippen LogP contribution in [-0.2, 0) is 28.7 Å². The van der Waals surface area contributed by atoms with Crippen LogP contribution in [0, 0.1) is 17.8 Å². The minimum absolute atomic E-state index is 0.108. The van der Waals surface area contributed by atoms with Gasteiger partial charge in [-0.25, -0.2) is 0 Å². The van der Waals surface area contributed by atoms with Gasteiger partial charge in [0, 0.05) is 23.1 Å². The number of ether oxygens (including phenoxy) is 3. The van der Waals surface area contributed by atoms with E-state index in [2.05, 4.69) is 21.2 Å². The number of likely N-dealkylation sites (tertiary alicyclic amines) is 1. The molecule has 2 fully saturated rings. The smallest absolute Gasteiger partial charge is 0.313 e. The SMILES string of the molecule is COc1ccc(N2C/C=C\CCC(=O)NC[C@H](C)OC(=O)[C@H]3[C@@H]4O[C@@]5(C=C4Br)[C@@H]3C(=O)N([C@@H](CO)CC(C)C)[C@@H]5C2=O)cc1. The summed E-state index contributed by atoms with van der Waals surface area (Å²) >= 11 is 3.55. The van der Waals surface area contributed by atoms with Crippen LogP contribution in [0.5, 0.6) is 5.75 Å². The van der Waals surface area contributed by atoms with Crippen molar-refractivity contribution in [1.82, 2.24) is 10.2 Å². The predicted molar refractivity (Wildman–Crippen MR) is 165 cm³/mol. The van der Waals surface area contributed by atoms with E-state index in [1.807, 2.05) is 26.0 Å². The van der Waals surface area contributed by atoms with Crippen molar-refractivity contribution in [1.29, 1.82) is 0 Å². The molecule has 238 valence electrons. The van der Waals surface area contributed by atoms with Gasteiger partial charge in [0.15, 0.2) is 0 Å². The van der Waals surface area contributed by atoms with Crippen molar-refractivity contribution in [3.8, 4) is 5.75 Å². The Morgan fingerprint density at radius 2 is 1.86 bits per heavy atom. The van der Waals surface area contributed by atoms with E-state index in [1.165, 1.54) is 4.90 Å². The molecule has 5 bridgehead atoms. The van der Waals surface area contributed by atoms with E-state index >= 15 is 0 Å². The van der Waals surface area contributed by atoms with Crippen LogP contribution in [0.1, 0.15) is 40.0 Å². The van der Waals surface area contributed by atoms with Crippen LogP contribution in [0.15, 0.2) is 47.0 Å². The molecule has 0 aromatic heterocycles. The molecule has 0 unspecified atom stereocenters. The van der Waals surface area contributed by atoms with E-state index < -0.39 is 59.5 Å². The normalized spacial score (nSPS) is 32.3. The lowest BCUT2D eigenvalue weighted by molar-refractivity contribution is -0.159. The molecule has 11 nitrogen and oxygen atoms in total. The fraction of sp³-hybridized carbons (Fsp3) is 0.562. The molecule has 4 heterocycles. The van der Waals surface area contributed by atoms with E-state index in [-0.39, 0.29) is 37.9 Å². The lowest BCUT2D eigenvalue weighted by atomic mass is 9.74. The zero-order valence-electron chi connectivity index (χ0n) is 25.4. The summed E-state index contributed by atoms with van der Waals surface area (Å²) in [6.45, 7) is 5.54. The van der Waals surface area contributed by atoms with Gasteiger partial charge in [-0.05, 0) is 56.0 Å². The van der Waals surface area contributed by atoms with Crippen LogP contribution >= 0.6 is 15.9 Å². The molecule has 1 aromatic carbocycles. The number of rotatable bonds is 6. The average Bonchev–Trinajstić information content (AvgIpc) is 3.59. The van der Waals surface area contributed by atoms with Gasteiger partial charge in [-0.3, -0.25) is 19.2 Å². The molecule has 3 amide bonds. The second kappa shape index (κ2) is 13.0. The number of cyclic esters (lactones) is 1. The Kier molecular flexibility index (Phi) is 9.52.